The van der Waals surface area contributed by atoms with Gasteiger partial charge in [0.25, 0.3) is 0 Å². The van der Waals surface area contributed by atoms with E-state index in [1.807, 2.05) is 11.7 Å². The Bertz CT molecular complexity index is 573. The smallest absolute Gasteiger partial charge is 0.0646 e. The molecule has 0 saturated heterocycles. The molecule has 1 heterocycles. The number of benzene rings is 1. The Morgan fingerprint density at radius 2 is 2.00 bits per heavy atom. The van der Waals surface area contributed by atoms with Crippen LogP contribution in [0.25, 0.3) is 0 Å². The molecule has 3 nitrogen and oxygen atoms in total. The number of hydrogen-bond acceptors (Lipinski definition) is 2. The van der Waals surface area contributed by atoms with Crippen LogP contribution in [0.4, 0.5) is 5.69 Å². The van der Waals surface area contributed by atoms with Crippen molar-refractivity contribution in [2.75, 3.05) is 5.32 Å². The first-order valence-corrected chi connectivity index (χ1v) is 6.78. The normalized spacial score (nSPS) is 10.7. The third-order valence-electron chi connectivity index (χ3n) is 3.31. The molecule has 0 aliphatic rings. The zero-order valence-corrected chi connectivity index (χ0v) is 12.8. The average molecular weight is 308 g/mol. The lowest BCUT2D eigenvalue weighted by atomic mass is 10.2. The molecule has 96 valence electrons. The first-order valence-electron chi connectivity index (χ1n) is 5.98. The molecular weight excluding hydrogens is 290 g/mol. The maximum Gasteiger partial charge on any atom is 0.0646 e. The molecule has 0 aliphatic carbocycles. The Morgan fingerprint density at radius 3 is 2.61 bits per heavy atom. The van der Waals surface area contributed by atoms with Crippen molar-refractivity contribution in [2.45, 2.75) is 27.3 Å². The number of hydrogen-bond donors (Lipinski definition) is 1. The summed E-state index contributed by atoms with van der Waals surface area (Å²) < 4.78 is 3.06. The second-order valence-corrected chi connectivity index (χ2v) is 5.36. The van der Waals surface area contributed by atoms with Crippen LogP contribution in [0.5, 0.6) is 0 Å². The highest BCUT2D eigenvalue weighted by molar-refractivity contribution is 9.10. The molecular formula is C14H18BrN3. The number of aromatic nitrogens is 2. The minimum Gasteiger partial charge on any atom is -0.380 e. The summed E-state index contributed by atoms with van der Waals surface area (Å²) in [6, 6.07) is 6.24. The third kappa shape index (κ3) is 2.43. The van der Waals surface area contributed by atoms with Gasteiger partial charge in [-0.05, 0) is 48.3 Å². The zero-order chi connectivity index (χ0) is 13.3. The largest absolute Gasteiger partial charge is 0.380 e. The van der Waals surface area contributed by atoms with Crippen molar-refractivity contribution in [1.29, 1.82) is 0 Å². The van der Waals surface area contributed by atoms with Crippen LogP contribution in [-0.4, -0.2) is 9.78 Å². The molecule has 18 heavy (non-hydrogen) atoms. The van der Waals surface area contributed by atoms with Gasteiger partial charge in [-0.3, -0.25) is 4.68 Å². The monoisotopic (exact) mass is 307 g/mol. The molecule has 1 aromatic carbocycles. The predicted molar refractivity (Wildman–Crippen MR) is 78.9 cm³/mol. The van der Waals surface area contributed by atoms with Crippen molar-refractivity contribution in [2.24, 2.45) is 7.05 Å². The van der Waals surface area contributed by atoms with Crippen LogP contribution in [-0.2, 0) is 13.6 Å². The predicted octanol–water partition coefficient (Wildman–Crippen LogP) is 3.72. The van der Waals surface area contributed by atoms with Gasteiger partial charge in [0.2, 0.25) is 0 Å². The van der Waals surface area contributed by atoms with E-state index in [-0.39, 0.29) is 0 Å². The Labute approximate surface area is 116 Å². The van der Waals surface area contributed by atoms with E-state index in [0.717, 1.165) is 22.4 Å². The molecule has 1 aromatic heterocycles. The molecule has 2 rings (SSSR count). The molecule has 0 amide bonds. The van der Waals surface area contributed by atoms with E-state index in [2.05, 4.69) is 65.3 Å². The molecule has 0 spiro atoms. The number of aryl methyl sites for hydroxylation is 3. The van der Waals surface area contributed by atoms with E-state index in [0.29, 0.717) is 0 Å². The lowest BCUT2D eigenvalue weighted by molar-refractivity contribution is 0.730. The second kappa shape index (κ2) is 5.14. The summed E-state index contributed by atoms with van der Waals surface area (Å²) in [6.45, 7) is 7.04. The number of halogens is 1. The van der Waals surface area contributed by atoms with Crippen molar-refractivity contribution in [3.8, 4) is 0 Å². The highest BCUT2D eigenvalue weighted by Crippen LogP contribution is 2.26. The van der Waals surface area contributed by atoms with Gasteiger partial charge in [0.05, 0.1) is 5.69 Å². The Balaban J connectivity index is 2.19. The molecule has 0 fully saturated rings. The standard InChI is InChI=1S/C14H18BrN3/c1-9-6-5-7-13(14(9)15)16-8-12-10(2)17-18(4)11(12)3/h5-7,16H,8H2,1-4H3. The Hall–Kier alpha value is -1.29. The second-order valence-electron chi connectivity index (χ2n) is 4.56. The van der Waals surface area contributed by atoms with E-state index in [1.165, 1.54) is 16.8 Å². The first kappa shape index (κ1) is 13.1. The van der Waals surface area contributed by atoms with Crippen molar-refractivity contribution in [3.63, 3.8) is 0 Å². The fourth-order valence-corrected chi connectivity index (χ4v) is 2.45. The van der Waals surface area contributed by atoms with E-state index >= 15 is 0 Å². The van der Waals surface area contributed by atoms with Crippen LogP contribution in [0.3, 0.4) is 0 Å². The molecule has 4 heteroatoms. The van der Waals surface area contributed by atoms with Gasteiger partial charge >= 0.3 is 0 Å². The molecule has 0 radical (unpaired) electrons. The third-order valence-corrected chi connectivity index (χ3v) is 4.36. The molecule has 0 atom stereocenters. The summed E-state index contributed by atoms with van der Waals surface area (Å²) >= 11 is 3.61. The lowest BCUT2D eigenvalue weighted by Gasteiger charge is -2.10. The number of rotatable bonds is 3. The van der Waals surface area contributed by atoms with Gasteiger partial charge in [-0.15, -0.1) is 0 Å². The number of nitrogens with one attached hydrogen (secondary N) is 1. The van der Waals surface area contributed by atoms with Gasteiger partial charge in [0.1, 0.15) is 0 Å². The SMILES string of the molecule is Cc1cccc(NCc2c(C)nn(C)c2C)c1Br. The highest BCUT2D eigenvalue weighted by Gasteiger charge is 2.09. The van der Waals surface area contributed by atoms with Crippen LogP contribution < -0.4 is 5.32 Å². The van der Waals surface area contributed by atoms with Gasteiger partial charge in [-0.25, -0.2) is 0 Å². The van der Waals surface area contributed by atoms with Gasteiger partial charge in [-0.2, -0.15) is 5.10 Å². The van der Waals surface area contributed by atoms with Crippen LogP contribution in [0.2, 0.25) is 0 Å². The molecule has 0 saturated carbocycles. The van der Waals surface area contributed by atoms with E-state index in [1.54, 1.807) is 0 Å². The van der Waals surface area contributed by atoms with Crippen LogP contribution in [0, 0.1) is 20.8 Å². The fourth-order valence-electron chi connectivity index (χ4n) is 2.04. The van der Waals surface area contributed by atoms with Gasteiger partial charge in [-0.1, -0.05) is 12.1 Å². The van der Waals surface area contributed by atoms with Gasteiger partial charge in [0, 0.05) is 35.0 Å². The lowest BCUT2D eigenvalue weighted by Crippen LogP contribution is -2.03. The van der Waals surface area contributed by atoms with E-state index in [9.17, 15) is 0 Å². The fraction of sp³-hybridized carbons (Fsp3) is 0.357. The Kier molecular flexibility index (Phi) is 3.76. The molecule has 1 N–H and O–H groups in total. The molecule has 2 aromatic rings. The Morgan fingerprint density at radius 1 is 1.28 bits per heavy atom. The summed E-state index contributed by atoms with van der Waals surface area (Å²) in [5.41, 5.74) is 5.93. The van der Waals surface area contributed by atoms with Crippen LogP contribution in [0.15, 0.2) is 22.7 Å². The maximum atomic E-state index is 4.43. The zero-order valence-electron chi connectivity index (χ0n) is 11.2. The summed E-state index contributed by atoms with van der Waals surface area (Å²) in [6.07, 6.45) is 0. The summed E-state index contributed by atoms with van der Waals surface area (Å²) in [5, 5.41) is 7.89. The molecule has 0 aliphatic heterocycles. The number of anilines is 1. The van der Waals surface area contributed by atoms with E-state index < -0.39 is 0 Å². The number of nitrogens with zero attached hydrogens (tertiary/aromatic N) is 2. The molecule has 0 unspecified atom stereocenters. The highest BCUT2D eigenvalue weighted by atomic mass is 79.9. The summed E-state index contributed by atoms with van der Waals surface area (Å²) in [4.78, 5) is 0. The minimum atomic E-state index is 0.799. The quantitative estimate of drug-likeness (QED) is 0.936. The minimum absolute atomic E-state index is 0.799. The van der Waals surface area contributed by atoms with Crippen molar-refractivity contribution in [3.05, 3.63) is 45.2 Å². The van der Waals surface area contributed by atoms with Crippen molar-refractivity contribution >= 4 is 21.6 Å². The summed E-state index contributed by atoms with van der Waals surface area (Å²) in [7, 11) is 1.98. The maximum absolute atomic E-state index is 4.43. The van der Waals surface area contributed by atoms with E-state index in [4.69, 9.17) is 0 Å². The van der Waals surface area contributed by atoms with Crippen molar-refractivity contribution < 1.29 is 0 Å². The van der Waals surface area contributed by atoms with Gasteiger partial charge in [0.15, 0.2) is 0 Å². The average Bonchev–Trinajstić information content (AvgIpc) is 2.56. The van der Waals surface area contributed by atoms with Crippen molar-refractivity contribution in [1.82, 2.24) is 9.78 Å². The van der Waals surface area contributed by atoms with Crippen LogP contribution in [0.1, 0.15) is 22.5 Å². The first-order chi connectivity index (χ1) is 8.50. The van der Waals surface area contributed by atoms with Gasteiger partial charge < -0.3 is 5.32 Å². The topological polar surface area (TPSA) is 29.9 Å². The van der Waals surface area contributed by atoms with Crippen LogP contribution >= 0.6 is 15.9 Å². The summed E-state index contributed by atoms with van der Waals surface area (Å²) in [5.74, 6) is 0. The molecule has 0 bridgehead atoms.